The fraction of sp³-hybridized carbons (Fsp3) is 0.333. The number of rotatable bonds is 6. The summed E-state index contributed by atoms with van der Waals surface area (Å²) in [6, 6.07) is 8.04. The van der Waals surface area contributed by atoms with Crippen LogP contribution in [0.1, 0.15) is 60.3 Å². The number of H-pyrrole nitrogens is 1. The molecule has 8 nitrogen and oxygen atoms in total. The van der Waals surface area contributed by atoms with Gasteiger partial charge in [0.1, 0.15) is 6.04 Å². The summed E-state index contributed by atoms with van der Waals surface area (Å²) in [7, 11) is 0. The molecule has 0 aliphatic rings. The number of aromatic amines is 1. The first-order valence-corrected chi connectivity index (χ1v) is 10.0. The standard InChI is InChI=1S/C21H25ClN6O2/c1-11(2)18-10-19(26-25-18)21(30)23-15-6-7-17(16(22)9-15)24-20(29)14(5)28-13(4)8-12(3)27-28/h6-11,14H,1-5H3,(H,23,30)(H,24,29)(H,25,26). The SMILES string of the molecule is Cc1cc(C)n(C(C)C(=O)Nc2ccc(NC(=O)c3cc(C(C)C)[nH]n3)cc2Cl)n1. The molecule has 1 atom stereocenters. The number of anilines is 2. The van der Waals surface area contributed by atoms with Crippen molar-refractivity contribution < 1.29 is 9.59 Å². The summed E-state index contributed by atoms with van der Waals surface area (Å²) in [5.74, 6) is -0.338. The largest absolute Gasteiger partial charge is 0.323 e. The molecule has 158 valence electrons. The predicted molar refractivity (Wildman–Crippen MR) is 117 cm³/mol. The summed E-state index contributed by atoms with van der Waals surface area (Å²) in [4.78, 5) is 25.0. The van der Waals surface area contributed by atoms with Crippen LogP contribution in [0.25, 0.3) is 0 Å². The van der Waals surface area contributed by atoms with Crippen LogP contribution in [0.15, 0.2) is 30.3 Å². The van der Waals surface area contributed by atoms with Crippen molar-refractivity contribution in [1.82, 2.24) is 20.0 Å². The highest BCUT2D eigenvalue weighted by molar-refractivity contribution is 6.34. The number of benzene rings is 1. The Bertz CT molecular complexity index is 1090. The third-order valence-electron chi connectivity index (χ3n) is 4.73. The van der Waals surface area contributed by atoms with Crippen molar-refractivity contribution in [2.45, 2.75) is 46.6 Å². The van der Waals surface area contributed by atoms with E-state index >= 15 is 0 Å². The molecule has 0 saturated heterocycles. The van der Waals surface area contributed by atoms with Crippen LogP contribution >= 0.6 is 11.6 Å². The van der Waals surface area contributed by atoms with Crippen molar-refractivity contribution in [3.05, 3.63) is 58.1 Å². The second-order valence-corrected chi connectivity index (χ2v) is 7.96. The third kappa shape index (κ3) is 4.71. The second kappa shape index (κ2) is 8.71. The zero-order valence-corrected chi connectivity index (χ0v) is 18.3. The van der Waals surface area contributed by atoms with Crippen LogP contribution in [0.5, 0.6) is 0 Å². The molecule has 30 heavy (non-hydrogen) atoms. The maximum Gasteiger partial charge on any atom is 0.276 e. The number of nitrogens with one attached hydrogen (secondary N) is 3. The Morgan fingerprint density at radius 1 is 1.10 bits per heavy atom. The van der Waals surface area contributed by atoms with Crippen molar-refractivity contribution in [2.75, 3.05) is 10.6 Å². The highest BCUT2D eigenvalue weighted by atomic mass is 35.5. The van der Waals surface area contributed by atoms with E-state index in [1.807, 2.05) is 33.8 Å². The molecule has 0 bridgehead atoms. The van der Waals surface area contributed by atoms with E-state index in [1.165, 1.54) is 0 Å². The lowest BCUT2D eigenvalue weighted by atomic mass is 10.1. The quantitative estimate of drug-likeness (QED) is 0.539. The normalized spacial score (nSPS) is 12.1. The molecule has 1 unspecified atom stereocenters. The van der Waals surface area contributed by atoms with Gasteiger partial charge in [-0.3, -0.25) is 19.4 Å². The fourth-order valence-electron chi connectivity index (χ4n) is 3.02. The zero-order valence-electron chi connectivity index (χ0n) is 17.6. The maximum atomic E-state index is 12.6. The topological polar surface area (TPSA) is 105 Å². The number of nitrogens with zero attached hydrogens (tertiary/aromatic N) is 3. The maximum absolute atomic E-state index is 12.6. The van der Waals surface area contributed by atoms with E-state index in [9.17, 15) is 9.59 Å². The first-order chi connectivity index (χ1) is 14.2. The van der Waals surface area contributed by atoms with E-state index in [0.29, 0.717) is 22.1 Å². The summed E-state index contributed by atoms with van der Waals surface area (Å²) in [6.07, 6.45) is 0. The summed E-state index contributed by atoms with van der Waals surface area (Å²) in [5.41, 5.74) is 3.89. The van der Waals surface area contributed by atoms with Gasteiger partial charge in [0.15, 0.2) is 5.69 Å². The Morgan fingerprint density at radius 2 is 1.83 bits per heavy atom. The second-order valence-electron chi connectivity index (χ2n) is 7.55. The summed E-state index contributed by atoms with van der Waals surface area (Å²) in [5, 5.41) is 17.1. The molecule has 0 aliphatic carbocycles. The van der Waals surface area contributed by atoms with Gasteiger partial charge in [-0.25, -0.2) is 0 Å². The van der Waals surface area contributed by atoms with E-state index in [4.69, 9.17) is 11.6 Å². The monoisotopic (exact) mass is 428 g/mol. The Labute approximate surface area is 180 Å². The molecule has 0 radical (unpaired) electrons. The Morgan fingerprint density at radius 3 is 2.40 bits per heavy atom. The van der Waals surface area contributed by atoms with E-state index in [1.54, 1.807) is 35.9 Å². The third-order valence-corrected chi connectivity index (χ3v) is 5.04. The van der Waals surface area contributed by atoms with Crippen LogP contribution in [-0.2, 0) is 4.79 Å². The van der Waals surface area contributed by atoms with Crippen molar-refractivity contribution in [1.29, 1.82) is 0 Å². The lowest BCUT2D eigenvalue weighted by molar-refractivity contribution is -0.119. The molecule has 3 rings (SSSR count). The van der Waals surface area contributed by atoms with Crippen LogP contribution < -0.4 is 10.6 Å². The van der Waals surface area contributed by atoms with Crippen LogP contribution in [-0.4, -0.2) is 31.8 Å². The van der Waals surface area contributed by atoms with Gasteiger partial charge >= 0.3 is 0 Å². The van der Waals surface area contributed by atoms with Crippen LogP contribution in [0, 0.1) is 13.8 Å². The summed E-state index contributed by atoms with van der Waals surface area (Å²) >= 11 is 6.32. The number of carbonyl (C=O) groups is 2. The summed E-state index contributed by atoms with van der Waals surface area (Å²) < 4.78 is 1.67. The van der Waals surface area contributed by atoms with E-state index in [0.717, 1.165) is 17.1 Å². The number of hydrogen-bond donors (Lipinski definition) is 3. The van der Waals surface area contributed by atoms with Crippen LogP contribution in [0.2, 0.25) is 5.02 Å². The minimum atomic E-state index is -0.496. The fourth-order valence-corrected chi connectivity index (χ4v) is 3.25. The molecule has 2 aromatic heterocycles. The first kappa shape index (κ1) is 21.6. The van der Waals surface area contributed by atoms with Crippen molar-refractivity contribution in [3.63, 3.8) is 0 Å². The Kier molecular flexibility index (Phi) is 6.26. The Hall–Kier alpha value is -3.13. The zero-order chi connectivity index (χ0) is 22.0. The van der Waals surface area contributed by atoms with E-state index in [-0.39, 0.29) is 17.7 Å². The van der Waals surface area contributed by atoms with Gasteiger partial charge in [0, 0.05) is 17.1 Å². The van der Waals surface area contributed by atoms with Crippen molar-refractivity contribution in [2.24, 2.45) is 0 Å². The average Bonchev–Trinajstić information content (AvgIpc) is 3.30. The Balaban J connectivity index is 1.68. The summed E-state index contributed by atoms with van der Waals surface area (Å²) in [6.45, 7) is 9.57. The molecule has 1 aromatic carbocycles. The van der Waals surface area contributed by atoms with Crippen molar-refractivity contribution >= 4 is 34.8 Å². The predicted octanol–water partition coefficient (Wildman–Crippen LogP) is 4.45. The van der Waals surface area contributed by atoms with E-state index in [2.05, 4.69) is 25.9 Å². The minimum Gasteiger partial charge on any atom is -0.323 e. The van der Waals surface area contributed by atoms with Crippen LogP contribution in [0.3, 0.4) is 0 Å². The molecule has 0 aliphatic heterocycles. The first-order valence-electron chi connectivity index (χ1n) is 9.65. The number of amides is 2. The van der Waals surface area contributed by atoms with Crippen molar-refractivity contribution in [3.8, 4) is 0 Å². The molecule has 0 fully saturated rings. The molecular weight excluding hydrogens is 404 g/mol. The molecule has 3 aromatic rings. The van der Waals surface area contributed by atoms with Gasteiger partial charge in [-0.2, -0.15) is 10.2 Å². The average molecular weight is 429 g/mol. The number of carbonyl (C=O) groups excluding carboxylic acids is 2. The number of aromatic nitrogens is 4. The van der Waals surface area contributed by atoms with Gasteiger partial charge in [-0.15, -0.1) is 0 Å². The lowest BCUT2D eigenvalue weighted by Gasteiger charge is -2.15. The van der Waals surface area contributed by atoms with Crippen LogP contribution in [0.4, 0.5) is 11.4 Å². The van der Waals surface area contributed by atoms with Gasteiger partial charge in [0.05, 0.1) is 16.4 Å². The highest BCUT2D eigenvalue weighted by Gasteiger charge is 2.19. The number of aryl methyl sites for hydroxylation is 2. The minimum absolute atomic E-state index is 0.238. The van der Waals surface area contributed by atoms with Gasteiger partial charge in [0.2, 0.25) is 5.91 Å². The van der Waals surface area contributed by atoms with Gasteiger partial charge < -0.3 is 10.6 Å². The smallest absolute Gasteiger partial charge is 0.276 e. The molecule has 2 heterocycles. The van der Waals surface area contributed by atoms with Gasteiger partial charge in [-0.05, 0) is 57.0 Å². The van der Waals surface area contributed by atoms with E-state index < -0.39 is 6.04 Å². The molecule has 0 saturated carbocycles. The molecule has 9 heteroatoms. The number of hydrogen-bond acceptors (Lipinski definition) is 4. The molecular formula is C21H25ClN6O2. The highest BCUT2D eigenvalue weighted by Crippen LogP contribution is 2.27. The molecule has 0 spiro atoms. The van der Waals surface area contributed by atoms with Gasteiger partial charge in [0.25, 0.3) is 5.91 Å². The molecule has 3 N–H and O–H groups in total. The lowest BCUT2D eigenvalue weighted by Crippen LogP contribution is -2.25. The number of halogens is 1. The van der Waals surface area contributed by atoms with Gasteiger partial charge in [-0.1, -0.05) is 25.4 Å². The molecule has 2 amide bonds.